The van der Waals surface area contributed by atoms with Gasteiger partial charge in [0.2, 0.25) is 0 Å². The number of carbonyl (C=O) groups excluding carboxylic acids is 2. The molecule has 0 aromatic heterocycles. The number of nitrogens with one attached hydrogen (secondary N) is 1. The molecule has 0 atom stereocenters. The van der Waals surface area contributed by atoms with Crippen molar-refractivity contribution in [2.75, 3.05) is 18.1 Å². The van der Waals surface area contributed by atoms with E-state index in [9.17, 15) is 9.59 Å². The molecular weight excluding hydrogens is 366 g/mol. The molecule has 6 nitrogen and oxygen atoms in total. The van der Waals surface area contributed by atoms with Crippen molar-refractivity contribution < 1.29 is 14.3 Å². The lowest BCUT2D eigenvalue weighted by atomic mass is 10.1. The summed E-state index contributed by atoms with van der Waals surface area (Å²) in [5.41, 5.74) is 4.66. The number of ether oxygens (including phenoxy) is 1. The largest absolute Gasteiger partial charge is 0.490 e. The third-order valence-electron chi connectivity index (χ3n) is 4.60. The Morgan fingerprint density at radius 2 is 1.86 bits per heavy atom. The van der Waals surface area contributed by atoms with E-state index in [0.29, 0.717) is 12.2 Å². The summed E-state index contributed by atoms with van der Waals surface area (Å²) >= 11 is 0. The van der Waals surface area contributed by atoms with Crippen LogP contribution in [0.3, 0.4) is 0 Å². The Morgan fingerprint density at radius 1 is 1.10 bits per heavy atom. The molecule has 0 fully saturated rings. The van der Waals surface area contributed by atoms with E-state index < -0.39 is 0 Å². The minimum atomic E-state index is -0.370. The highest BCUT2D eigenvalue weighted by Crippen LogP contribution is 2.36. The van der Waals surface area contributed by atoms with Gasteiger partial charge in [0.05, 0.1) is 11.9 Å². The standard InChI is InChI=1S/C23H19N3O3/c1-2-13-29-18-11-9-16(10-12-18)14-24-25-21(27)15-26-20-8-4-6-17-5-3-7-19(22(17)20)23(26)28/h2-12,14H,1,13,15H2,(H,25,27)/b24-14-. The molecule has 0 saturated heterocycles. The second-order valence-electron chi connectivity index (χ2n) is 6.53. The van der Waals surface area contributed by atoms with Gasteiger partial charge in [-0.1, -0.05) is 36.9 Å². The van der Waals surface area contributed by atoms with Gasteiger partial charge in [-0.15, -0.1) is 0 Å². The summed E-state index contributed by atoms with van der Waals surface area (Å²) in [4.78, 5) is 26.5. The smallest absolute Gasteiger partial charge is 0.260 e. The van der Waals surface area contributed by atoms with Crippen LogP contribution in [0.4, 0.5) is 5.69 Å². The van der Waals surface area contributed by atoms with Crippen molar-refractivity contribution in [3.63, 3.8) is 0 Å². The summed E-state index contributed by atoms with van der Waals surface area (Å²) in [6.07, 6.45) is 3.21. The number of hydrogen-bond donors (Lipinski definition) is 1. The molecule has 0 saturated carbocycles. The molecule has 144 valence electrons. The SMILES string of the molecule is C=CCOc1ccc(/C=N\NC(=O)CN2C(=O)c3cccc4cccc2c34)cc1. The zero-order valence-electron chi connectivity index (χ0n) is 15.7. The van der Waals surface area contributed by atoms with Crippen molar-refractivity contribution in [1.82, 2.24) is 5.43 Å². The predicted octanol–water partition coefficient (Wildman–Crippen LogP) is 3.52. The maximum absolute atomic E-state index is 12.7. The van der Waals surface area contributed by atoms with Crippen molar-refractivity contribution in [2.24, 2.45) is 5.10 Å². The number of benzene rings is 3. The van der Waals surface area contributed by atoms with Crippen LogP contribution in [-0.2, 0) is 4.79 Å². The van der Waals surface area contributed by atoms with Gasteiger partial charge in [0.25, 0.3) is 11.8 Å². The maximum Gasteiger partial charge on any atom is 0.260 e. The highest BCUT2D eigenvalue weighted by Gasteiger charge is 2.30. The van der Waals surface area contributed by atoms with Crippen molar-refractivity contribution in [3.8, 4) is 5.75 Å². The zero-order valence-corrected chi connectivity index (χ0v) is 15.7. The Hall–Kier alpha value is -3.93. The molecule has 0 spiro atoms. The minimum Gasteiger partial charge on any atom is -0.490 e. The first-order valence-electron chi connectivity index (χ1n) is 9.16. The maximum atomic E-state index is 12.7. The molecule has 4 rings (SSSR count). The Kier molecular flexibility index (Phi) is 5.07. The Morgan fingerprint density at radius 3 is 2.62 bits per heavy atom. The molecule has 0 bridgehead atoms. The number of hydrazone groups is 1. The average molecular weight is 385 g/mol. The molecule has 3 aromatic carbocycles. The molecule has 1 N–H and O–H groups in total. The number of carbonyl (C=O) groups is 2. The molecule has 0 unspecified atom stereocenters. The number of nitrogens with zero attached hydrogens (tertiary/aromatic N) is 2. The van der Waals surface area contributed by atoms with E-state index in [0.717, 1.165) is 27.8 Å². The molecule has 6 heteroatoms. The average Bonchev–Trinajstić information content (AvgIpc) is 3.01. The number of rotatable bonds is 7. The van der Waals surface area contributed by atoms with Gasteiger partial charge >= 0.3 is 0 Å². The quantitative estimate of drug-likeness (QED) is 0.384. The first-order valence-corrected chi connectivity index (χ1v) is 9.16. The second-order valence-corrected chi connectivity index (χ2v) is 6.53. The van der Waals surface area contributed by atoms with E-state index in [1.54, 1.807) is 12.1 Å². The number of anilines is 1. The molecule has 2 amide bonds. The molecule has 3 aromatic rings. The van der Waals surface area contributed by atoms with Crippen LogP contribution in [-0.4, -0.2) is 31.2 Å². The summed E-state index contributed by atoms with van der Waals surface area (Å²) in [7, 11) is 0. The van der Waals surface area contributed by atoms with E-state index in [4.69, 9.17) is 4.74 Å². The summed E-state index contributed by atoms with van der Waals surface area (Å²) in [6, 6.07) is 18.6. The third-order valence-corrected chi connectivity index (χ3v) is 4.60. The summed E-state index contributed by atoms with van der Waals surface area (Å²) in [5.74, 6) is 0.184. The van der Waals surface area contributed by atoms with Crippen LogP contribution < -0.4 is 15.1 Å². The summed E-state index contributed by atoms with van der Waals surface area (Å²) < 4.78 is 5.42. The highest BCUT2D eigenvalue weighted by molar-refractivity contribution is 6.26. The fourth-order valence-corrected chi connectivity index (χ4v) is 3.30. The Bertz CT molecular complexity index is 1110. The first-order chi connectivity index (χ1) is 14.2. The molecule has 0 aliphatic carbocycles. The monoisotopic (exact) mass is 385 g/mol. The lowest BCUT2D eigenvalue weighted by molar-refractivity contribution is -0.119. The van der Waals surface area contributed by atoms with Crippen LogP contribution in [0.5, 0.6) is 5.75 Å². The molecule has 29 heavy (non-hydrogen) atoms. The lowest BCUT2D eigenvalue weighted by Crippen LogP contribution is -2.37. The van der Waals surface area contributed by atoms with Crippen LogP contribution in [0, 0.1) is 0 Å². The Balaban J connectivity index is 1.39. The molecule has 1 aliphatic rings. The van der Waals surface area contributed by atoms with Gasteiger partial charge in [-0.25, -0.2) is 5.43 Å². The van der Waals surface area contributed by atoms with Crippen molar-refractivity contribution in [3.05, 3.63) is 84.4 Å². The van der Waals surface area contributed by atoms with Crippen molar-refractivity contribution in [2.45, 2.75) is 0 Å². The predicted molar refractivity (Wildman–Crippen MR) is 113 cm³/mol. The molecule has 1 aliphatic heterocycles. The van der Waals surface area contributed by atoms with Crippen LogP contribution in [0.25, 0.3) is 10.8 Å². The van der Waals surface area contributed by atoms with Crippen molar-refractivity contribution in [1.29, 1.82) is 0 Å². The summed E-state index contributed by atoms with van der Waals surface area (Å²) in [6.45, 7) is 3.95. The molecule has 0 radical (unpaired) electrons. The summed E-state index contributed by atoms with van der Waals surface area (Å²) in [5, 5.41) is 5.84. The van der Waals surface area contributed by atoms with Gasteiger partial charge in [0.1, 0.15) is 18.9 Å². The van der Waals surface area contributed by atoms with Crippen LogP contribution in [0.15, 0.2) is 78.4 Å². The molecule has 1 heterocycles. The normalized spacial score (nSPS) is 12.6. The van der Waals surface area contributed by atoms with E-state index in [1.807, 2.05) is 54.6 Å². The van der Waals surface area contributed by atoms with Gasteiger partial charge in [-0.05, 0) is 47.3 Å². The fraction of sp³-hybridized carbons (Fsp3) is 0.0870. The van der Waals surface area contributed by atoms with Gasteiger partial charge in [0.15, 0.2) is 0 Å². The van der Waals surface area contributed by atoms with E-state index >= 15 is 0 Å². The topological polar surface area (TPSA) is 71.0 Å². The number of hydrogen-bond acceptors (Lipinski definition) is 4. The van der Waals surface area contributed by atoms with Crippen molar-refractivity contribution >= 4 is 34.5 Å². The van der Waals surface area contributed by atoms with E-state index in [1.165, 1.54) is 11.1 Å². The second kappa shape index (κ2) is 7.98. The van der Waals surface area contributed by atoms with E-state index in [-0.39, 0.29) is 18.4 Å². The fourth-order valence-electron chi connectivity index (χ4n) is 3.30. The van der Waals surface area contributed by atoms with Gasteiger partial charge in [0, 0.05) is 10.9 Å². The van der Waals surface area contributed by atoms with Gasteiger partial charge in [-0.3, -0.25) is 14.5 Å². The first kappa shape index (κ1) is 18.4. The minimum absolute atomic E-state index is 0.0989. The van der Waals surface area contributed by atoms with Crippen LogP contribution in [0.1, 0.15) is 15.9 Å². The van der Waals surface area contributed by atoms with Crippen LogP contribution >= 0.6 is 0 Å². The third kappa shape index (κ3) is 3.73. The molecular formula is C23H19N3O3. The van der Waals surface area contributed by atoms with Gasteiger partial charge < -0.3 is 4.74 Å². The van der Waals surface area contributed by atoms with Crippen LogP contribution in [0.2, 0.25) is 0 Å². The van der Waals surface area contributed by atoms with E-state index in [2.05, 4.69) is 17.1 Å². The highest BCUT2D eigenvalue weighted by atomic mass is 16.5. The number of amides is 2. The Labute approximate surface area is 168 Å². The zero-order chi connectivity index (χ0) is 20.2. The van der Waals surface area contributed by atoms with Gasteiger partial charge in [-0.2, -0.15) is 5.10 Å². The lowest BCUT2D eigenvalue weighted by Gasteiger charge is -2.16.